The van der Waals surface area contributed by atoms with E-state index in [0.29, 0.717) is 10.2 Å². The molecular formula is C17H15ClN3O3S+. The predicted molar refractivity (Wildman–Crippen MR) is 95.5 cm³/mol. The van der Waals surface area contributed by atoms with Crippen molar-refractivity contribution in [3.63, 3.8) is 0 Å². The Hall–Kier alpha value is -2.51. The van der Waals surface area contributed by atoms with Gasteiger partial charge in [0, 0.05) is 5.02 Å². The number of carboxylic acid groups (broad SMARTS) is 1. The number of nitrogens with zero attached hydrogens (tertiary/aromatic N) is 2. The molecule has 0 fully saturated rings. The number of aliphatic carboxylic acids is 1. The fourth-order valence-electron chi connectivity index (χ4n) is 2.29. The number of thioether (sulfide) groups is 1. The third-order valence-electron chi connectivity index (χ3n) is 3.45. The fraction of sp³-hybridized carbons (Fsp3) is 0.118. The SMILES string of the molecule is COc1ccc(-[n+]2c(SCC(=O)O)n[nH]c2-c2ccc(Cl)cc2)cc1. The molecular weight excluding hydrogens is 362 g/mol. The lowest BCUT2D eigenvalue weighted by Crippen LogP contribution is -2.34. The molecule has 1 heterocycles. The van der Waals surface area contributed by atoms with E-state index in [1.165, 1.54) is 0 Å². The fourth-order valence-corrected chi connectivity index (χ4v) is 3.11. The van der Waals surface area contributed by atoms with Crippen LogP contribution in [0.2, 0.25) is 5.02 Å². The molecule has 0 bridgehead atoms. The van der Waals surface area contributed by atoms with Gasteiger partial charge in [-0.1, -0.05) is 11.6 Å². The Morgan fingerprint density at radius 3 is 2.52 bits per heavy atom. The highest BCUT2D eigenvalue weighted by molar-refractivity contribution is 7.99. The molecule has 0 amide bonds. The van der Waals surface area contributed by atoms with Crippen LogP contribution in [0.3, 0.4) is 0 Å². The van der Waals surface area contributed by atoms with E-state index in [9.17, 15) is 4.79 Å². The monoisotopic (exact) mass is 376 g/mol. The number of ether oxygens (including phenoxy) is 1. The zero-order valence-corrected chi connectivity index (χ0v) is 14.8. The number of hydrogen-bond donors (Lipinski definition) is 2. The van der Waals surface area contributed by atoms with Gasteiger partial charge in [0.15, 0.2) is 0 Å². The zero-order chi connectivity index (χ0) is 17.8. The lowest BCUT2D eigenvalue weighted by molar-refractivity contribution is -0.625. The molecule has 0 atom stereocenters. The van der Waals surface area contributed by atoms with Crippen molar-refractivity contribution >= 4 is 29.3 Å². The summed E-state index contributed by atoms with van der Waals surface area (Å²) in [5.41, 5.74) is 1.72. The van der Waals surface area contributed by atoms with Gasteiger partial charge in [0.2, 0.25) is 0 Å². The molecule has 1 aromatic heterocycles. The largest absolute Gasteiger partial charge is 0.497 e. The summed E-state index contributed by atoms with van der Waals surface area (Å²) in [5.74, 6) is 0.485. The highest BCUT2D eigenvalue weighted by Gasteiger charge is 2.24. The van der Waals surface area contributed by atoms with Gasteiger partial charge in [-0.3, -0.25) is 4.79 Å². The van der Waals surface area contributed by atoms with Gasteiger partial charge in [-0.25, -0.2) is 0 Å². The summed E-state index contributed by atoms with van der Waals surface area (Å²) in [6, 6.07) is 14.8. The van der Waals surface area contributed by atoms with Gasteiger partial charge < -0.3 is 9.84 Å². The second-order valence-corrected chi connectivity index (χ2v) is 6.46. The molecule has 0 aliphatic rings. The molecule has 25 heavy (non-hydrogen) atoms. The first-order valence-electron chi connectivity index (χ1n) is 7.34. The number of hydrogen-bond acceptors (Lipinski definition) is 4. The van der Waals surface area contributed by atoms with Gasteiger partial charge >= 0.3 is 11.1 Å². The van der Waals surface area contributed by atoms with Gasteiger partial charge in [-0.05, 0) is 60.3 Å². The predicted octanol–water partition coefficient (Wildman–Crippen LogP) is 3.19. The van der Waals surface area contributed by atoms with Crippen LogP contribution in [-0.4, -0.2) is 34.1 Å². The Balaban J connectivity index is 2.08. The van der Waals surface area contributed by atoms with E-state index in [0.717, 1.165) is 34.6 Å². The summed E-state index contributed by atoms with van der Waals surface area (Å²) in [6.07, 6.45) is 0. The van der Waals surface area contributed by atoms with Crippen LogP contribution in [-0.2, 0) is 4.79 Å². The first-order chi connectivity index (χ1) is 12.1. The quantitative estimate of drug-likeness (QED) is 0.510. The van der Waals surface area contributed by atoms with Crippen molar-refractivity contribution in [2.24, 2.45) is 0 Å². The number of methoxy groups -OCH3 is 1. The number of H-pyrrole nitrogens is 1. The van der Waals surface area contributed by atoms with E-state index in [1.807, 2.05) is 41.0 Å². The molecule has 128 valence electrons. The van der Waals surface area contributed by atoms with Crippen molar-refractivity contribution in [2.45, 2.75) is 5.16 Å². The Bertz CT molecular complexity index is 879. The first kappa shape index (κ1) is 17.3. The summed E-state index contributed by atoms with van der Waals surface area (Å²) in [4.78, 5) is 10.9. The molecule has 8 heteroatoms. The number of carboxylic acids is 1. The second kappa shape index (κ2) is 7.58. The van der Waals surface area contributed by atoms with Crippen molar-refractivity contribution in [2.75, 3.05) is 12.9 Å². The lowest BCUT2D eigenvalue weighted by atomic mass is 10.2. The number of rotatable bonds is 6. The Labute approximate surface area is 153 Å². The van der Waals surface area contributed by atoms with E-state index in [2.05, 4.69) is 10.2 Å². The van der Waals surface area contributed by atoms with E-state index in [1.54, 1.807) is 19.2 Å². The number of carbonyl (C=O) groups is 1. The Morgan fingerprint density at radius 1 is 1.24 bits per heavy atom. The molecule has 2 N–H and O–H groups in total. The highest BCUT2D eigenvalue weighted by Crippen LogP contribution is 2.22. The maximum absolute atomic E-state index is 10.9. The van der Waals surface area contributed by atoms with Gasteiger partial charge in [0.25, 0.3) is 5.82 Å². The average Bonchev–Trinajstić information content (AvgIpc) is 3.04. The van der Waals surface area contributed by atoms with Crippen LogP contribution in [0, 0.1) is 0 Å². The van der Waals surface area contributed by atoms with Crippen molar-refractivity contribution in [3.05, 3.63) is 53.6 Å². The minimum atomic E-state index is -0.901. The minimum absolute atomic E-state index is 0.0823. The van der Waals surface area contributed by atoms with Gasteiger partial charge in [-0.2, -0.15) is 4.57 Å². The molecule has 0 saturated heterocycles. The Kier molecular flexibility index (Phi) is 5.25. The average molecular weight is 377 g/mol. The van der Waals surface area contributed by atoms with E-state index in [-0.39, 0.29) is 5.75 Å². The van der Waals surface area contributed by atoms with Gasteiger partial charge in [0.05, 0.1) is 17.8 Å². The van der Waals surface area contributed by atoms with E-state index in [4.69, 9.17) is 21.4 Å². The summed E-state index contributed by atoms with van der Waals surface area (Å²) in [5, 5.41) is 17.4. The zero-order valence-electron chi connectivity index (χ0n) is 13.3. The smallest absolute Gasteiger partial charge is 0.342 e. The number of halogens is 1. The van der Waals surface area contributed by atoms with E-state index >= 15 is 0 Å². The van der Waals surface area contributed by atoms with Crippen molar-refractivity contribution in [1.82, 2.24) is 10.2 Å². The van der Waals surface area contributed by atoms with Crippen LogP contribution >= 0.6 is 23.4 Å². The molecule has 0 radical (unpaired) electrons. The Morgan fingerprint density at radius 2 is 1.92 bits per heavy atom. The number of aromatic amines is 1. The number of nitrogens with one attached hydrogen (secondary N) is 1. The van der Waals surface area contributed by atoms with E-state index < -0.39 is 5.97 Å². The van der Waals surface area contributed by atoms with Crippen LogP contribution in [0.5, 0.6) is 5.75 Å². The van der Waals surface area contributed by atoms with Crippen LogP contribution in [0.4, 0.5) is 0 Å². The summed E-state index contributed by atoms with van der Waals surface area (Å²) in [6.45, 7) is 0. The summed E-state index contributed by atoms with van der Waals surface area (Å²) < 4.78 is 7.06. The molecule has 6 nitrogen and oxygen atoms in total. The molecule has 2 aromatic carbocycles. The maximum Gasteiger partial charge on any atom is 0.342 e. The second-order valence-electron chi connectivity index (χ2n) is 5.08. The van der Waals surface area contributed by atoms with Crippen LogP contribution in [0.15, 0.2) is 53.7 Å². The normalized spacial score (nSPS) is 10.6. The molecule has 0 aliphatic carbocycles. The molecule has 0 spiro atoms. The highest BCUT2D eigenvalue weighted by atomic mass is 35.5. The van der Waals surface area contributed by atoms with Crippen LogP contribution in [0.25, 0.3) is 17.1 Å². The third-order valence-corrected chi connectivity index (χ3v) is 4.62. The molecule has 0 saturated carbocycles. The molecule has 0 unspecified atom stereocenters. The van der Waals surface area contributed by atoms with Crippen LogP contribution < -0.4 is 9.30 Å². The number of aromatic nitrogens is 3. The van der Waals surface area contributed by atoms with Crippen LogP contribution in [0.1, 0.15) is 0 Å². The maximum atomic E-state index is 10.9. The van der Waals surface area contributed by atoms with Crippen molar-refractivity contribution in [1.29, 1.82) is 0 Å². The third kappa shape index (κ3) is 3.94. The molecule has 3 rings (SSSR count). The lowest BCUT2D eigenvalue weighted by Gasteiger charge is -2.05. The minimum Gasteiger partial charge on any atom is -0.497 e. The summed E-state index contributed by atoms with van der Waals surface area (Å²) >= 11 is 7.11. The van der Waals surface area contributed by atoms with Crippen molar-refractivity contribution < 1.29 is 19.2 Å². The molecule has 0 aliphatic heterocycles. The molecule has 3 aromatic rings. The standard InChI is InChI=1S/C17H14ClN3O3S/c1-24-14-8-6-13(7-9-14)21-16(11-2-4-12(18)5-3-11)19-20-17(21)25-10-15(22)23/h2-9H,10H2,1H3,(H,22,23)/p+1. The number of benzene rings is 2. The topological polar surface area (TPSA) is 79.1 Å². The first-order valence-corrected chi connectivity index (χ1v) is 8.70. The summed E-state index contributed by atoms with van der Waals surface area (Å²) in [7, 11) is 1.60. The van der Waals surface area contributed by atoms with Gasteiger partial charge in [0.1, 0.15) is 17.2 Å². The van der Waals surface area contributed by atoms with Crippen molar-refractivity contribution in [3.8, 4) is 22.8 Å². The van der Waals surface area contributed by atoms with Gasteiger partial charge in [-0.15, -0.1) is 5.10 Å².